The summed E-state index contributed by atoms with van der Waals surface area (Å²) >= 11 is 1.46. The molecule has 0 radical (unpaired) electrons. The molecule has 0 amide bonds. The minimum Gasteiger partial charge on any atom is -0.465 e. The summed E-state index contributed by atoms with van der Waals surface area (Å²) in [4.78, 5) is 16.8. The second kappa shape index (κ2) is 7.16. The number of para-hydroxylation sites is 2. The molecule has 2 aromatic heterocycles. The first-order valence-electron chi connectivity index (χ1n) is 8.24. The number of aromatic nitrogens is 2. The van der Waals surface area contributed by atoms with Crippen molar-refractivity contribution in [1.82, 2.24) is 9.38 Å². The Morgan fingerprint density at radius 3 is 2.84 bits per heavy atom. The molecule has 0 unspecified atom stereocenters. The van der Waals surface area contributed by atoms with E-state index in [1.807, 2.05) is 55.5 Å². The van der Waals surface area contributed by atoms with Crippen LogP contribution in [0.4, 0.5) is 0 Å². The molecule has 0 saturated heterocycles. The number of thioether (sulfide) groups is 1. The lowest BCUT2D eigenvalue weighted by Gasteiger charge is -2.15. The molecule has 0 fully saturated rings. The number of esters is 1. The van der Waals surface area contributed by atoms with Crippen LogP contribution in [0.2, 0.25) is 0 Å². The van der Waals surface area contributed by atoms with Crippen molar-refractivity contribution in [1.29, 1.82) is 5.26 Å². The highest BCUT2D eigenvalue weighted by molar-refractivity contribution is 8.00. The van der Waals surface area contributed by atoms with Crippen LogP contribution in [0.5, 0.6) is 0 Å². The molecule has 3 aromatic rings. The van der Waals surface area contributed by atoms with Crippen LogP contribution in [-0.2, 0) is 9.53 Å². The van der Waals surface area contributed by atoms with Crippen LogP contribution in [0.1, 0.15) is 31.4 Å². The van der Waals surface area contributed by atoms with Crippen molar-refractivity contribution in [2.75, 3.05) is 6.61 Å². The Labute approximate surface area is 150 Å². The minimum absolute atomic E-state index is 0.213. The Hall–Kier alpha value is -2.52. The fourth-order valence-corrected chi connectivity index (χ4v) is 3.98. The molecule has 25 heavy (non-hydrogen) atoms. The predicted octanol–water partition coefficient (Wildman–Crippen LogP) is 4.10. The van der Waals surface area contributed by atoms with E-state index in [0.717, 1.165) is 21.6 Å². The number of aryl methyl sites for hydroxylation is 1. The highest BCUT2D eigenvalue weighted by Crippen LogP contribution is 2.32. The van der Waals surface area contributed by atoms with Gasteiger partial charge in [-0.25, -0.2) is 4.98 Å². The van der Waals surface area contributed by atoms with Crippen molar-refractivity contribution in [3.05, 3.63) is 41.5 Å². The molecule has 1 aromatic carbocycles. The summed E-state index contributed by atoms with van der Waals surface area (Å²) in [5, 5.41) is 10.1. The number of nitrogens with zero attached hydrogens (tertiary/aromatic N) is 3. The molecule has 0 aliphatic heterocycles. The maximum absolute atomic E-state index is 12.2. The zero-order valence-corrected chi connectivity index (χ0v) is 15.3. The first kappa shape index (κ1) is 17.3. The van der Waals surface area contributed by atoms with Gasteiger partial charge in [-0.05, 0) is 44.0 Å². The Morgan fingerprint density at radius 2 is 2.16 bits per heavy atom. The van der Waals surface area contributed by atoms with Gasteiger partial charge < -0.3 is 4.74 Å². The third kappa shape index (κ3) is 3.08. The van der Waals surface area contributed by atoms with Crippen LogP contribution >= 0.6 is 11.8 Å². The topological polar surface area (TPSA) is 67.4 Å². The number of nitriles is 1. The van der Waals surface area contributed by atoms with E-state index < -0.39 is 0 Å². The Morgan fingerprint density at radius 1 is 1.40 bits per heavy atom. The van der Waals surface area contributed by atoms with E-state index in [1.54, 1.807) is 0 Å². The van der Waals surface area contributed by atoms with E-state index in [2.05, 4.69) is 11.1 Å². The normalized spacial score (nSPS) is 12.2. The van der Waals surface area contributed by atoms with Crippen LogP contribution in [0.3, 0.4) is 0 Å². The summed E-state index contributed by atoms with van der Waals surface area (Å²) in [5.74, 6) is -0.213. The molecule has 0 N–H and O–H groups in total. The molecule has 1 atom stereocenters. The Kier molecular flexibility index (Phi) is 4.95. The number of benzene rings is 1. The predicted molar refractivity (Wildman–Crippen MR) is 98.7 cm³/mol. The average Bonchev–Trinajstić information content (AvgIpc) is 2.99. The molecule has 2 heterocycles. The second-order valence-corrected chi connectivity index (χ2v) is 6.90. The summed E-state index contributed by atoms with van der Waals surface area (Å²) in [6, 6.07) is 12.0. The number of rotatable bonds is 5. The van der Waals surface area contributed by atoms with Crippen LogP contribution < -0.4 is 0 Å². The lowest BCUT2D eigenvalue weighted by atomic mass is 10.2. The number of fused-ring (bicyclic) bond motifs is 3. The van der Waals surface area contributed by atoms with Gasteiger partial charge in [0.05, 0.1) is 28.2 Å². The number of hydrogen-bond donors (Lipinski definition) is 0. The van der Waals surface area contributed by atoms with Crippen LogP contribution in [0, 0.1) is 18.3 Å². The lowest BCUT2D eigenvalue weighted by Crippen LogP contribution is -2.19. The lowest BCUT2D eigenvalue weighted by molar-refractivity contribution is -0.142. The number of hydrogen-bond acceptors (Lipinski definition) is 5. The third-order valence-corrected chi connectivity index (χ3v) is 5.39. The number of ether oxygens (including phenoxy) is 1. The van der Waals surface area contributed by atoms with Gasteiger partial charge >= 0.3 is 5.97 Å². The van der Waals surface area contributed by atoms with Crippen LogP contribution in [-0.4, -0.2) is 27.2 Å². The molecule has 0 aliphatic carbocycles. The molecule has 128 valence electrons. The van der Waals surface area contributed by atoms with Gasteiger partial charge in [0.15, 0.2) is 5.65 Å². The minimum atomic E-state index is -0.295. The fourth-order valence-electron chi connectivity index (χ4n) is 2.82. The molecule has 0 saturated carbocycles. The van der Waals surface area contributed by atoms with Crippen molar-refractivity contribution < 1.29 is 9.53 Å². The van der Waals surface area contributed by atoms with Crippen molar-refractivity contribution >= 4 is 34.4 Å². The van der Waals surface area contributed by atoms with E-state index in [1.165, 1.54) is 11.8 Å². The summed E-state index contributed by atoms with van der Waals surface area (Å²) in [5.41, 5.74) is 3.80. The fraction of sp³-hybridized carbons (Fsp3) is 0.316. The zero-order valence-electron chi connectivity index (χ0n) is 14.4. The molecule has 0 aliphatic rings. The number of imidazole rings is 1. The molecular formula is C19H19N3O2S. The largest absolute Gasteiger partial charge is 0.465 e. The van der Waals surface area contributed by atoms with Gasteiger partial charge in [-0.2, -0.15) is 5.26 Å². The van der Waals surface area contributed by atoms with E-state index in [0.29, 0.717) is 24.2 Å². The standard InChI is InChI=1S/C19H19N3O2S/c1-4-16(19(23)24-5-2)25-17-10-12(3)13(11-20)18-21-14-8-6-7-9-15(14)22(17)18/h6-10,16H,4-5H2,1-3H3/t16-/m1/s1. The maximum Gasteiger partial charge on any atom is 0.319 e. The number of pyridine rings is 1. The summed E-state index contributed by atoms with van der Waals surface area (Å²) in [6.07, 6.45) is 0.663. The maximum atomic E-state index is 12.2. The first-order valence-corrected chi connectivity index (χ1v) is 9.12. The first-order chi connectivity index (χ1) is 12.1. The van der Waals surface area contributed by atoms with Gasteiger partial charge in [-0.3, -0.25) is 9.20 Å². The number of carbonyl (C=O) groups is 1. The molecule has 6 heteroatoms. The third-order valence-electron chi connectivity index (χ3n) is 4.03. The molecular weight excluding hydrogens is 334 g/mol. The van der Waals surface area contributed by atoms with Crippen molar-refractivity contribution in [3.63, 3.8) is 0 Å². The van der Waals surface area contributed by atoms with Gasteiger partial charge in [0.25, 0.3) is 0 Å². The van der Waals surface area contributed by atoms with Crippen molar-refractivity contribution in [2.45, 2.75) is 37.5 Å². The summed E-state index contributed by atoms with van der Waals surface area (Å²) in [7, 11) is 0. The van der Waals surface area contributed by atoms with Crippen LogP contribution in [0.25, 0.3) is 16.7 Å². The molecule has 0 spiro atoms. The summed E-state index contributed by atoms with van der Waals surface area (Å²) < 4.78 is 7.15. The van der Waals surface area contributed by atoms with Gasteiger partial charge in [-0.1, -0.05) is 30.8 Å². The monoisotopic (exact) mass is 353 g/mol. The second-order valence-electron chi connectivity index (χ2n) is 5.68. The van der Waals surface area contributed by atoms with Crippen molar-refractivity contribution in [2.24, 2.45) is 0 Å². The van der Waals surface area contributed by atoms with Gasteiger partial charge in [0, 0.05) is 0 Å². The average molecular weight is 353 g/mol. The van der Waals surface area contributed by atoms with Gasteiger partial charge in [0.2, 0.25) is 0 Å². The van der Waals surface area contributed by atoms with Gasteiger partial charge in [-0.15, -0.1) is 0 Å². The zero-order chi connectivity index (χ0) is 18.0. The Balaban J connectivity index is 2.21. The molecule has 0 bridgehead atoms. The van der Waals surface area contributed by atoms with E-state index in [9.17, 15) is 10.1 Å². The number of carbonyl (C=O) groups excluding carboxylic acids is 1. The SMILES string of the molecule is CCOC(=O)[C@@H](CC)Sc1cc(C)c(C#N)c2nc3ccccc3n12. The van der Waals surface area contributed by atoms with E-state index >= 15 is 0 Å². The molecule has 5 nitrogen and oxygen atoms in total. The van der Waals surface area contributed by atoms with E-state index in [-0.39, 0.29) is 11.2 Å². The summed E-state index contributed by atoms with van der Waals surface area (Å²) in [6.45, 7) is 6.04. The van der Waals surface area contributed by atoms with Gasteiger partial charge in [0.1, 0.15) is 11.3 Å². The highest BCUT2D eigenvalue weighted by atomic mass is 32.2. The van der Waals surface area contributed by atoms with Crippen molar-refractivity contribution in [3.8, 4) is 6.07 Å². The quantitative estimate of drug-likeness (QED) is 0.510. The molecule has 3 rings (SSSR count). The smallest absolute Gasteiger partial charge is 0.319 e. The van der Waals surface area contributed by atoms with Crippen LogP contribution in [0.15, 0.2) is 35.4 Å². The van der Waals surface area contributed by atoms with E-state index in [4.69, 9.17) is 4.74 Å². The Bertz CT molecular complexity index is 988. The highest BCUT2D eigenvalue weighted by Gasteiger charge is 2.23.